The standard InChI is InChI=1S/C14H13ClFN3O2/c1-7(2)13-17-6-11(12(19-13)14(20)21)18-8-3-4-9(15)10(16)5-8/h3-7,18H,1-2H3,(H,20,21). The van der Waals surface area contributed by atoms with E-state index in [9.17, 15) is 14.3 Å². The summed E-state index contributed by atoms with van der Waals surface area (Å²) in [6.07, 6.45) is 1.37. The summed E-state index contributed by atoms with van der Waals surface area (Å²) in [6, 6.07) is 4.08. The Morgan fingerprint density at radius 3 is 2.71 bits per heavy atom. The van der Waals surface area contributed by atoms with Gasteiger partial charge in [0.05, 0.1) is 16.9 Å². The Labute approximate surface area is 125 Å². The molecule has 0 atom stereocenters. The zero-order valence-corrected chi connectivity index (χ0v) is 12.1. The van der Waals surface area contributed by atoms with E-state index in [4.69, 9.17) is 11.6 Å². The molecule has 0 spiro atoms. The monoisotopic (exact) mass is 309 g/mol. The maximum absolute atomic E-state index is 13.4. The normalized spacial score (nSPS) is 10.7. The van der Waals surface area contributed by atoms with Crippen LogP contribution in [-0.4, -0.2) is 21.0 Å². The fourth-order valence-corrected chi connectivity index (χ4v) is 1.78. The molecule has 0 bridgehead atoms. The van der Waals surface area contributed by atoms with E-state index in [-0.39, 0.29) is 22.3 Å². The van der Waals surface area contributed by atoms with Gasteiger partial charge in [-0.1, -0.05) is 25.4 Å². The SMILES string of the molecule is CC(C)c1ncc(Nc2ccc(Cl)c(F)c2)c(C(=O)O)n1. The molecule has 0 saturated carbocycles. The molecule has 1 aromatic heterocycles. The number of carboxylic acids is 1. The molecule has 7 heteroatoms. The zero-order valence-electron chi connectivity index (χ0n) is 11.4. The molecule has 2 aromatic rings. The van der Waals surface area contributed by atoms with Gasteiger partial charge in [-0.2, -0.15) is 0 Å². The fourth-order valence-electron chi connectivity index (χ4n) is 1.66. The van der Waals surface area contributed by atoms with Gasteiger partial charge in [-0.05, 0) is 18.2 Å². The van der Waals surface area contributed by atoms with E-state index in [1.54, 1.807) is 0 Å². The molecule has 0 aliphatic carbocycles. The van der Waals surface area contributed by atoms with E-state index < -0.39 is 11.8 Å². The molecule has 0 aliphatic heterocycles. The number of carboxylic acid groups (broad SMARTS) is 1. The quantitative estimate of drug-likeness (QED) is 0.897. The number of nitrogens with one attached hydrogen (secondary N) is 1. The van der Waals surface area contributed by atoms with Gasteiger partial charge in [-0.3, -0.25) is 0 Å². The molecule has 0 unspecified atom stereocenters. The van der Waals surface area contributed by atoms with Gasteiger partial charge < -0.3 is 10.4 Å². The van der Waals surface area contributed by atoms with Crippen LogP contribution in [0, 0.1) is 5.82 Å². The number of aromatic carboxylic acids is 1. The van der Waals surface area contributed by atoms with Crippen LogP contribution in [0.25, 0.3) is 0 Å². The molecule has 5 nitrogen and oxygen atoms in total. The van der Waals surface area contributed by atoms with E-state index in [0.717, 1.165) is 0 Å². The number of benzene rings is 1. The van der Waals surface area contributed by atoms with Crippen molar-refractivity contribution in [1.82, 2.24) is 9.97 Å². The van der Waals surface area contributed by atoms with Crippen LogP contribution in [0.3, 0.4) is 0 Å². The summed E-state index contributed by atoms with van der Waals surface area (Å²) < 4.78 is 13.4. The number of anilines is 2. The van der Waals surface area contributed by atoms with Crippen molar-refractivity contribution in [2.24, 2.45) is 0 Å². The Morgan fingerprint density at radius 1 is 1.43 bits per heavy atom. The van der Waals surface area contributed by atoms with Crippen molar-refractivity contribution in [3.05, 3.63) is 46.8 Å². The first-order chi connectivity index (χ1) is 9.88. The van der Waals surface area contributed by atoms with Crippen molar-refractivity contribution in [3.63, 3.8) is 0 Å². The van der Waals surface area contributed by atoms with Gasteiger partial charge in [0.25, 0.3) is 0 Å². The topological polar surface area (TPSA) is 75.1 Å². The number of hydrogen-bond acceptors (Lipinski definition) is 4. The molecule has 0 saturated heterocycles. The lowest BCUT2D eigenvalue weighted by molar-refractivity contribution is 0.0691. The second-order valence-corrected chi connectivity index (χ2v) is 5.11. The smallest absolute Gasteiger partial charge is 0.356 e. The third kappa shape index (κ3) is 3.46. The van der Waals surface area contributed by atoms with Crippen LogP contribution in [0.2, 0.25) is 5.02 Å². The van der Waals surface area contributed by atoms with E-state index >= 15 is 0 Å². The van der Waals surface area contributed by atoms with Crippen LogP contribution in [0.1, 0.15) is 36.1 Å². The molecule has 2 N–H and O–H groups in total. The van der Waals surface area contributed by atoms with Crippen molar-refractivity contribution < 1.29 is 14.3 Å². The van der Waals surface area contributed by atoms with Gasteiger partial charge in [0, 0.05) is 11.6 Å². The van der Waals surface area contributed by atoms with Crippen LogP contribution in [-0.2, 0) is 0 Å². The van der Waals surface area contributed by atoms with E-state index in [1.807, 2.05) is 13.8 Å². The molecule has 21 heavy (non-hydrogen) atoms. The summed E-state index contributed by atoms with van der Waals surface area (Å²) in [7, 11) is 0. The Hall–Kier alpha value is -2.21. The lowest BCUT2D eigenvalue weighted by atomic mass is 10.2. The maximum atomic E-state index is 13.4. The molecular weight excluding hydrogens is 297 g/mol. The number of aromatic nitrogens is 2. The third-order valence-electron chi connectivity index (χ3n) is 2.72. The van der Waals surface area contributed by atoms with Crippen LogP contribution in [0.15, 0.2) is 24.4 Å². The van der Waals surface area contributed by atoms with Crippen molar-refractivity contribution >= 4 is 28.9 Å². The lowest BCUT2D eigenvalue weighted by Gasteiger charge is -2.11. The van der Waals surface area contributed by atoms with E-state index in [1.165, 1.54) is 24.4 Å². The fraction of sp³-hybridized carbons (Fsp3) is 0.214. The van der Waals surface area contributed by atoms with Crippen LogP contribution in [0.4, 0.5) is 15.8 Å². The van der Waals surface area contributed by atoms with Crippen molar-refractivity contribution in [1.29, 1.82) is 0 Å². The van der Waals surface area contributed by atoms with Crippen LogP contribution >= 0.6 is 11.6 Å². The Balaban J connectivity index is 2.39. The molecule has 0 aliphatic rings. The molecule has 0 amide bonds. The number of rotatable bonds is 4. The van der Waals surface area contributed by atoms with Crippen molar-refractivity contribution in [3.8, 4) is 0 Å². The minimum absolute atomic E-state index is 0.00475. The summed E-state index contributed by atoms with van der Waals surface area (Å²) in [5.74, 6) is -1.35. The molecule has 0 fully saturated rings. The largest absolute Gasteiger partial charge is 0.476 e. The van der Waals surface area contributed by atoms with Gasteiger partial charge >= 0.3 is 5.97 Å². The predicted octanol–water partition coefficient (Wildman–Crippen LogP) is 3.83. The van der Waals surface area contributed by atoms with Gasteiger partial charge in [-0.15, -0.1) is 0 Å². The van der Waals surface area contributed by atoms with E-state index in [2.05, 4.69) is 15.3 Å². The van der Waals surface area contributed by atoms with Crippen molar-refractivity contribution in [2.75, 3.05) is 5.32 Å². The average Bonchev–Trinajstić information content (AvgIpc) is 2.43. The molecular formula is C14H13ClFN3O2. The predicted molar refractivity (Wildman–Crippen MR) is 77.8 cm³/mol. The minimum Gasteiger partial charge on any atom is -0.476 e. The first-order valence-electron chi connectivity index (χ1n) is 6.20. The first kappa shape index (κ1) is 15.2. The molecule has 1 heterocycles. The molecule has 110 valence electrons. The summed E-state index contributed by atoms with van der Waals surface area (Å²) in [5, 5.41) is 12.0. The number of carbonyl (C=O) groups is 1. The van der Waals surface area contributed by atoms with Crippen LogP contribution in [0.5, 0.6) is 0 Å². The van der Waals surface area contributed by atoms with E-state index in [0.29, 0.717) is 11.5 Å². The lowest BCUT2D eigenvalue weighted by Crippen LogP contribution is -2.10. The van der Waals surface area contributed by atoms with Gasteiger partial charge in [0.1, 0.15) is 11.6 Å². The average molecular weight is 310 g/mol. The van der Waals surface area contributed by atoms with Crippen molar-refractivity contribution in [2.45, 2.75) is 19.8 Å². The highest BCUT2D eigenvalue weighted by atomic mass is 35.5. The molecule has 1 aromatic carbocycles. The zero-order chi connectivity index (χ0) is 15.6. The summed E-state index contributed by atoms with van der Waals surface area (Å²) >= 11 is 5.60. The highest BCUT2D eigenvalue weighted by molar-refractivity contribution is 6.30. The Kier molecular flexibility index (Phi) is 4.37. The van der Waals surface area contributed by atoms with Gasteiger partial charge in [-0.25, -0.2) is 19.2 Å². The minimum atomic E-state index is -1.18. The highest BCUT2D eigenvalue weighted by Crippen LogP contribution is 2.24. The highest BCUT2D eigenvalue weighted by Gasteiger charge is 2.16. The summed E-state index contributed by atoms with van der Waals surface area (Å²) in [4.78, 5) is 19.4. The maximum Gasteiger partial charge on any atom is 0.356 e. The number of halogens is 2. The summed E-state index contributed by atoms with van der Waals surface area (Å²) in [6.45, 7) is 3.73. The second-order valence-electron chi connectivity index (χ2n) is 4.70. The number of nitrogens with zero attached hydrogens (tertiary/aromatic N) is 2. The Bertz CT molecular complexity index is 692. The third-order valence-corrected chi connectivity index (χ3v) is 3.03. The molecule has 2 rings (SSSR count). The first-order valence-corrected chi connectivity index (χ1v) is 6.58. The molecule has 0 radical (unpaired) electrons. The second kappa shape index (κ2) is 6.05. The number of hydrogen-bond donors (Lipinski definition) is 2. The summed E-state index contributed by atoms with van der Waals surface area (Å²) in [5.41, 5.74) is 0.387. The Morgan fingerprint density at radius 2 is 2.14 bits per heavy atom. The van der Waals surface area contributed by atoms with Gasteiger partial charge in [0.2, 0.25) is 0 Å². The van der Waals surface area contributed by atoms with Gasteiger partial charge in [0.15, 0.2) is 5.69 Å². The van der Waals surface area contributed by atoms with Crippen LogP contribution < -0.4 is 5.32 Å².